The minimum absolute atomic E-state index is 0.0125. The van der Waals surface area contributed by atoms with Crippen molar-refractivity contribution >= 4 is 11.9 Å². The molecule has 0 spiro atoms. The second-order valence-electron chi connectivity index (χ2n) is 5.04. The van der Waals surface area contributed by atoms with E-state index in [0.29, 0.717) is 26.2 Å². The highest BCUT2D eigenvalue weighted by molar-refractivity contribution is 5.94. The van der Waals surface area contributed by atoms with E-state index in [0.717, 1.165) is 12.1 Å². The first-order valence-corrected chi connectivity index (χ1v) is 6.68. The molecule has 5 nitrogen and oxygen atoms in total. The molecular weight excluding hydrogens is 301 g/mol. The molecule has 1 saturated heterocycles. The number of hydrogen-bond acceptors (Lipinski definition) is 3. The summed E-state index contributed by atoms with van der Waals surface area (Å²) in [6, 6.07) is 4.31. The molecule has 1 aromatic rings. The van der Waals surface area contributed by atoms with Crippen LogP contribution in [-0.2, 0) is 11.0 Å². The Bertz CT molecular complexity index is 567. The van der Waals surface area contributed by atoms with Crippen molar-refractivity contribution in [1.29, 1.82) is 0 Å². The Morgan fingerprint density at radius 1 is 1.14 bits per heavy atom. The predicted octanol–water partition coefficient (Wildman–Crippen LogP) is 1.55. The zero-order chi connectivity index (χ0) is 16.3. The Morgan fingerprint density at radius 3 is 2.32 bits per heavy atom. The summed E-state index contributed by atoms with van der Waals surface area (Å²) in [6.45, 7) is 1.25. The number of carbonyl (C=O) groups excluding carboxylic acids is 1. The van der Waals surface area contributed by atoms with Crippen molar-refractivity contribution < 1.29 is 27.9 Å². The molecule has 1 aromatic carbocycles. The minimum atomic E-state index is -4.49. The van der Waals surface area contributed by atoms with Gasteiger partial charge in [0.1, 0.15) is 0 Å². The molecule has 22 heavy (non-hydrogen) atoms. The molecule has 0 radical (unpaired) electrons. The molecule has 120 valence electrons. The van der Waals surface area contributed by atoms with Gasteiger partial charge in [-0.05, 0) is 18.2 Å². The van der Waals surface area contributed by atoms with E-state index in [1.807, 2.05) is 0 Å². The topological polar surface area (TPSA) is 60.9 Å². The maximum Gasteiger partial charge on any atom is 0.416 e. The number of carboxylic acids is 1. The predicted molar refractivity (Wildman–Crippen MR) is 71.4 cm³/mol. The summed E-state index contributed by atoms with van der Waals surface area (Å²) in [5, 5.41) is 8.70. The first-order valence-electron chi connectivity index (χ1n) is 6.68. The van der Waals surface area contributed by atoms with Crippen molar-refractivity contribution in [2.45, 2.75) is 6.18 Å². The van der Waals surface area contributed by atoms with Crippen LogP contribution in [0.15, 0.2) is 24.3 Å². The summed E-state index contributed by atoms with van der Waals surface area (Å²) in [5.74, 6) is -1.42. The van der Waals surface area contributed by atoms with Gasteiger partial charge in [0.15, 0.2) is 0 Å². The molecular formula is C14H15F3N2O3. The Kier molecular flexibility index (Phi) is 4.70. The summed E-state index contributed by atoms with van der Waals surface area (Å²) >= 11 is 0. The van der Waals surface area contributed by atoms with Crippen molar-refractivity contribution in [3.8, 4) is 0 Å². The third-order valence-electron chi connectivity index (χ3n) is 3.46. The number of hydrogen-bond donors (Lipinski definition) is 1. The zero-order valence-electron chi connectivity index (χ0n) is 11.6. The minimum Gasteiger partial charge on any atom is -0.480 e. The number of piperazine rings is 1. The molecule has 0 atom stereocenters. The number of amides is 1. The van der Waals surface area contributed by atoms with Crippen molar-refractivity contribution in [1.82, 2.24) is 9.80 Å². The molecule has 8 heteroatoms. The molecule has 1 N–H and O–H groups in total. The Morgan fingerprint density at radius 2 is 1.77 bits per heavy atom. The van der Waals surface area contributed by atoms with Crippen molar-refractivity contribution in [2.75, 3.05) is 32.7 Å². The molecule has 1 heterocycles. The van der Waals surface area contributed by atoms with Crippen molar-refractivity contribution in [2.24, 2.45) is 0 Å². The number of alkyl halides is 3. The first-order chi connectivity index (χ1) is 10.3. The molecule has 0 saturated carbocycles. The molecule has 1 aliphatic rings. The van der Waals surface area contributed by atoms with Crippen LogP contribution >= 0.6 is 0 Å². The van der Waals surface area contributed by atoms with Gasteiger partial charge in [0.2, 0.25) is 0 Å². The summed E-state index contributed by atoms with van der Waals surface area (Å²) in [7, 11) is 0. The Balaban J connectivity index is 2.03. The highest BCUT2D eigenvalue weighted by Crippen LogP contribution is 2.29. The molecule has 2 rings (SSSR count). The third-order valence-corrected chi connectivity index (χ3v) is 3.46. The van der Waals surface area contributed by atoms with Gasteiger partial charge in [0.05, 0.1) is 12.1 Å². The Hall–Kier alpha value is -2.09. The number of halogens is 3. The van der Waals surface area contributed by atoms with Gasteiger partial charge in [-0.25, -0.2) is 0 Å². The summed E-state index contributed by atoms with van der Waals surface area (Å²) in [5.41, 5.74) is -0.871. The van der Waals surface area contributed by atoms with E-state index in [1.165, 1.54) is 17.0 Å². The van der Waals surface area contributed by atoms with Gasteiger partial charge < -0.3 is 10.0 Å². The van der Waals surface area contributed by atoms with Gasteiger partial charge in [0.25, 0.3) is 5.91 Å². The first kappa shape index (κ1) is 16.3. The second-order valence-corrected chi connectivity index (χ2v) is 5.04. The fraction of sp³-hybridized carbons (Fsp3) is 0.429. The van der Waals surface area contributed by atoms with Crippen molar-refractivity contribution in [3.63, 3.8) is 0 Å². The van der Waals surface area contributed by atoms with Gasteiger partial charge in [-0.2, -0.15) is 13.2 Å². The van der Waals surface area contributed by atoms with E-state index in [4.69, 9.17) is 5.11 Å². The van der Waals surface area contributed by atoms with Crippen LogP contribution in [-0.4, -0.2) is 59.5 Å². The number of nitrogens with zero attached hydrogens (tertiary/aromatic N) is 2. The largest absolute Gasteiger partial charge is 0.480 e. The molecule has 0 unspecified atom stereocenters. The average molecular weight is 316 g/mol. The molecule has 0 bridgehead atoms. The second kappa shape index (κ2) is 6.35. The van der Waals surface area contributed by atoms with E-state index < -0.39 is 23.6 Å². The SMILES string of the molecule is O=C(O)CN1CCN(C(=O)c2cccc(C(F)(F)F)c2)CC1. The van der Waals surface area contributed by atoms with Crippen molar-refractivity contribution in [3.05, 3.63) is 35.4 Å². The van der Waals surface area contributed by atoms with E-state index >= 15 is 0 Å². The number of carbonyl (C=O) groups is 2. The van der Waals surface area contributed by atoms with Gasteiger partial charge >= 0.3 is 12.1 Å². The monoisotopic (exact) mass is 316 g/mol. The van der Waals surface area contributed by atoms with Crippen LogP contribution < -0.4 is 0 Å². The number of aliphatic carboxylic acids is 1. The lowest BCUT2D eigenvalue weighted by Gasteiger charge is -2.33. The van der Waals surface area contributed by atoms with E-state index in [2.05, 4.69) is 0 Å². The lowest BCUT2D eigenvalue weighted by molar-refractivity contribution is -0.139. The highest BCUT2D eigenvalue weighted by atomic mass is 19.4. The van der Waals surface area contributed by atoms with Crippen LogP contribution in [0.2, 0.25) is 0 Å². The van der Waals surface area contributed by atoms with E-state index in [-0.39, 0.29) is 12.1 Å². The maximum atomic E-state index is 12.7. The standard InChI is InChI=1S/C14H15F3N2O3/c15-14(16,17)11-3-1-2-10(8-11)13(22)19-6-4-18(5-7-19)9-12(20)21/h1-3,8H,4-7,9H2,(H,20,21). The smallest absolute Gasteiger partial charge is 0.416 e. The van der Waals surface area contributed by atoms with Crippen LogP contribution in [0, 0.1) is 0 Å². The number of carboxylic acid groups (broad SMARTS) is 1. The lowest BCUT2D eigenvalue weighted by atomic mass is 10.1. The maximum absolute atomic E-state index is 12.7. The van der Waals surface area contributed by atoms with E-state index in [1.54, 1.807) is 4.90 Å². The number of benzene rings is 1. The molecule has 1 aliphatic heterocycles. The number of rotatable bonds is 3. The van der Waals surface area contributed by atoms with Gasteiger partial charge in [-0.3, -0.25) is 14.5 Å². The molecule has 0 aromatic heterocycles. The van der Waals surface area contributed by atoms with Crippen LogP contribution in [0.5, 0.6) is 0 Å². The third kappa shape index (κ3) is 3.97. The molecule has 0 aliphatic carbocycles. The average Bonchev–Trinajstić information content (AvgIpc) is 2.46. The molecule has 1 fully saturated rings. The fourth-order valence-corrected chi connectivity index (χ4v) is 2.31. The summed E-state index contributed by atoms with van der Waals surface area (Å²) < 4.78 is 38.0. The zero-order valence-corrected chi connectivity index (χ0v) is 11.6. The Labute approximate surface area is 124 Å². The summed E-state index contributed by atoms with van der Waals surface area (Å²) in [6.07, 6.45) is -4.49. The van der Waals surface area contributed by atoms with Crippen LogP contribution in [0.1, 0.15) is 15.9 Å². The lowest BCUT2D eigenvalue weighted by Crippen LogP contribution is -2.49. The van der Waals surface area contributed by atoms with Gasteiger partial charge in [0, 0.05) is 31.7 Å². The normalized spacial score (nSPS) is 16.6. The van der Waals surface area contributed by atoms with Crippen LogP contribution in [0.3, 0.4) is 0 Å². The van der Waals surface area contributed by atoms with E-state index in [9.17, 15) is 22.8 Å². The van der Waals surface area contributed by atoms with Gasteiger partial charge in [-0.1, -0.05) is 6.07 Å². The van der Waals surface area contributed by atoms with Crippen LogP contribution in [0.25, 0.3) is 0 Å². The fourth-order valence-electron chi connectivity index (χ4n) is 2.31. The molecule has 1 amide bonds. The quantitative estimate of drug-likeness (QED) is 0.919. The summed E-state index contributed by atoms with van der Waals surface area (Å²) in [4.78, 5) is 26.0. The highest BCUT2D eigenvalue weighted by Gasteiger charge is 2.31. The van der Waals surface area contributed by atoms with Crippen LogP contribution in [0.4, 0.5) is 13.2 Å². The van der Waals surface area contributed by atoms with Gasteiger partial charge in [-0.15, -0.1) is 0 Å².